The first-order valence-corrected chi connectivity index (χ1v) is 8.91. The average Bonchev–Trinajstić information content (AvgIpc) is 3.20. The van der Waals surface area contributed by atoms with E-state index in [4.69, 9.17) is 9.47 Å². The fraction of sp³-hybridized carbons (Fsp3) is 0.182. The molecule has 4 rings (SSSR count). The lowest BCUT2D eigenvalue weighted by molar-refractivity contribution is 0.0950. The van der Waals surface area contributed by atoms with Gasteiger partial charge in [-0.3, -0.25) is 9.78 Å². The van der Waals surface area contributed by atoms with E-state index in [1.807, 2.05) is 30.3 Å². The molecule has 0 bridgehead atoms. The molecule has 1 atom stereocenters. The summed E-state index contributed by atoms with van der Waals surface area (Å²) >= 11 is 0. The Balaban J connectivity index is 1.47. The molecule has 5 heteroatoms. The molecule has 0 spiro atoms. The number of rotatable bonds is 6. The van der Waals surface area contributed by atoms with E-state index in [-0.39, 0.29) is 18.6 Å². The first-order valence-electron chi connectivity index (χ1n) is 8.91. The molecule has 5 nitrogen and oxygen atoms in total. The smallest absolute Gasteiger partial charge is 0.251 e. The summed E-state index contributed by atoms with van der Waals surface area (Å²) in [7, 11) is 0. The zero-order valence-electron chi connectivity index (χ0n) is 14.8. The summed E-state index contributed by atoms with van der Waals surface area (Å²) in [6, 6.07) is 19.5. The standard InChI is InChI=1S/C22H20N2O3/c25-22(18-6-7-20-21(13-18)27-15-26-20)24-14-19(17-4-2-1-3-5-17)12-16-8-10-23-11-9-16/h1-11,13,19H,12,14-15H2,(H,24,25). The molecule has 1 unspecified atom stereocenters. The second kappa shape index (κ2) is 7.91. The van der Waals surface area contributed by atoms with Gasteiger partial charge in [0.15, 0.2) is 11.5 Å². The van der Waals surface area contributed by atoms with E-state index in [9.17, 15) is 4.79 Å². The van der Waals surface area contributed by atoms with Gasteiger partial charge in [-0.25, -0.2) is 0 Å². The van der Waals surface area contributed by atoms with Crippen LogP contribution in [0.25, 0.3) is 0 Å². The van der Waals surface area contributed by atoms with Crippen LogP contribution < -0.4 is 14.8 Å². The SMILES string of the molecule is O=C(NCC(Cc1ccncc1)c1ccccc1)c1ccc2c(c1)OCO2. The molecule has 1 amide bonds. The number of amides is 1. The van der Waals surface area contributed by atoms with Crippen molar-refractivity contribution in [2.45, 2.75) is 12.3 Å². The topological polar surface area (TPSA) is 60.5 Å². The molecule has 2 heterocycles. The minimum atomic E-state index is -0.121. The highest BCUT2D eigenvalue weighted by molar-refractivity contribution is 5.95. The Labute approximate surface area is 158 Å². The molecule has 1 aliphatic rings. The lowest BCUT2D eigenvalue weighted by Crippen LogP contribution is -2.29. The number of pyridine rings is 1. The van der Waals surface area contributed by atoms with Crippen molar-refractivity contribution in [1.82, 2.24) is 10.3 Å². The van der Waals surface area contributed by atoms with Crippen LogP contribution in [0.15, 0.2) is 73.1 Å². The number of benzene rings is 2. The number of nitrogens with one attached hydrogen (secondary N) is 1. The molecule has 1 N–H and O–H groups in total. The zero-order valence-corrected chi connectivity index (χ0v) is 14.8. The normalized spacial score (nSPS) is 13.2. The van der Waals surface area contributed by atoms with Crippen LogP contribution in [0.5, 0.6) is 11.5 Å². The van der Waals surface area contributed by atoms with E-state index in [1.165, 1.54) is 11.1 Å². The summed E-state index contributed by atoms with van der Waals surface area (Å²) < 4.78 is 10.7. The Morgan fingerprint density at radius 3 is 2.59 bits per heavy atom. The molecule has 0 radical (unpaired) electrons. The molecule has 2 aromatic carbocycles. The predicted molar refractivity (Wildman–Crippen MR) is 102 cm³/mol. The van der Waals surface area contributed by atoms with Crippen LogP contribution in [0.3, 0.4) is 0 Å². The van der Waals surface area contributed by atoms with Crippen LogP contribution >= 0.6 is 0 Å². The summed E-state index contributed by atoms with van der Waals surface area (Å²) in [5, 5.41) is 3.06. The number of aromatic nitrogens is 1. The van der Waals surface area contributed by atoms with E-state index in [2.05, 4.69) is 22.4 Å². The van der Waals surface area contributed by atoms with Crippen LogP contribution in [0.1, 0.15) is 27.4 Å². The van der Waals surface area contributed by atoms with Crippen molar-refractivity contribution in [3.05, 3.63) is 89.7 Å². The fourth-order valence-electron chi connectivity index (χ4n) is 3.19. The Hall–Kier alpha value is -3.34. The number of ether oxygens (including phenoxy) is 2. The third-order valence-corrected chi connectivity index (χ3v) is 4.65. The monoisotopic (exact) mass is 360 g/mol. The van der Waals surface area contributed by atoms with Gasteiger partial charge in [0.1, 0.15) is 0 Å². The number of carbonyl (C=O) groups is 1. The van der Waals surface area contributed by atoms with Crippen LogP contribution in [-0.4, -0.2) is 24.2 Å². The van der Waals surface area contributed by atoms with Crippen molar-refractivity contribution >= 4 is 5.91 Å². The summed E-state index contributed by atoms with van der Waals surface area (Å²) in [6.45, 7) is 0.738. The summed E-state index contributed by atoms with van der Waals surface area (Å²) in [5.41, 5.74) is 2.95. The van der Waals surface area contributed by atoms with Gasteiger partial charge in [0.05, 0.1) is 0 Å². The maximum atomic E-state index is 12.6. The van der Waals surface area contributed by atoms with Crippen molar-refractivity contribution in [2.24, 2.45) is 0 Å². The van der Waals surface area contributed by atoms with Crippen LogP contribution in [-0.2, 0) is 6.42 Å². The van der Waals surface area contributed by atoms with Crippen molar-refractivity contribution in [3.63, 3.8) is 0 Å². The molecular formula is C22H20N2O3. The van der Waals surface area contributed by atoms with Gasteiger partial charge in [0.2, 0.25) is 6.79 Å². The largest absolute Gasteiger partial charge is 0.454 e. The Morgan fingerprint density at radius 2 is 1.78 bits per heavy atom. The Kier molecular flexibility index (Phi) is 5.01. The molecule has 0 aliphatic carbocycles. The Bertz CT molecular complexity index is 913. The van der Waals surface area contributed by atoms with Crippen molar-refractivity contribution < 1.29 is 14.3 Å². The average molecular weight is 360 g/mol. The number of fused-ring (bicyclic) bond motifs is 1. The number of hydrogen-bond donors (Lipinski definition) is 1. The van der Waals surface area contributed by atoms with Gasteiger partial charge >= 0.3 is 0 Å². The van der Waals surface area contributed by atoms with Gasteiger partial charge in [0, 0.05) is 30.4 Å². The molecule has 136 valence electrons. The first-order chi connectivity index (χ1) is 13.3. The molecule has 3 aromatic rings. The summed E-state index contributed by atoms with van der Waals surface area (Å²) in [5.74, 6) is 1.33. The lowest BCUT2D eigenvalue weighted by Gasteiger charge is -2.18. The Morgan fingerprint density at radius 1 is 1.00 bits per heavy atom. The van der Waals surface area contributed by atoms with E-state index in [0.717, 1.165) is 6.42 Å². The number of nitrogens with zero attached hydrogens (tertiary/aromatic N) is 1. The van der Waals surface area contributed by atoms with Gasteiger partial charge in [-0.2, -0.15) is 0 Å². The molecule has 0 fully saturated rings. The third kappa shape index (κ3) is 4.08. The van der Waals surface area contributed by atoms with Gasteiger partial charge in [-0.05, 0) is 47.9 Å². The van der Waals surface area contributed by atoms with E-state index < -0.39 is 0 Å². The second-order valence-corrected chi connectivity index (χ2v) is 6.45. The molecule has 0 saturated carbocycles. The van der Waals surface area contributed by atoms with Gasteiger partial charge < -0.3 is 14.8 Å². The van der Waals surface area contributed by atoms with Crippen molar-refractivity contribution in [1.29, 1.82) is 0 Å². The highest BCUT2D eigenvalue weighted by atomic mass is 16.7. The quantitative estimate of drug-likeness (QED) is 0.730. The van der Waals surface area contributed by atoms with Gasteiger partial charge in [-0.15, -0.1) is 0 Å². The minimum absolute atomic E-state index is 0.121. The number of carbonyl (C=O) groups excluding carboxylic acids is 1. The summed E-state index contributed by atoms with van der Waals surface area (Å²) in [6.07, 6.45) is 4.42. The van der Waals surface area contributed by atoms with Crippen molar-refractivity contribution in [2.75, 3.05) is 13.3 Å². The highest BCUT2D eigenvalue weighted by Crippen LogP contribution is 2.32. The van der Waals surface area contributed by atoms with Gasteiger partial charge in [-0.1, -0.05) is 30.3 Å². The predicted octanol–water partition coefficient (Wildman–Crippen LogP) is 3.57. The number of hydrogen-bond acceptors (Lipinski definition) is 4. The molecule has 27 heavy (non-hydrogen) atoms. The molecule has 1 aromatic heterocycles. The highest BCUT2D eigenvalue weighted by Gasteiger charge is 2.18. The maximum Gasteiger partial charge on any atom is 0.251 e. The van der Waals surface area contributed by atoms with Crippen molar-refractivity contribution in [3.8, 4) is 11.5 Å². The van der Waals surface area contributed by atoms with E-state index in [1.54, 1.807) is 30.6 Å². The molecule has 0 saturated heterocycles. The zero-order chi connectivity index (χ0) is 18.5. The fourth-order valence-corrected chi connectivity index (χ4v) is 3.19. The third-order valence-electron chi connectivity index (χ3n) is 4.65. The summed E-state index contributed by atoms with van der Waals surface area (Å²) in [4.78, 5) is 16.7. The van der Waals surface area contributed by atoms with Gasteiger partial charge in [0.25, 0.3) is 5.91 Å². The van der Waals surface area contributed by atoms with Crippen LogP contribution in [0.4, 0.5) is 0 Å². The van der Waals surface area contributed by atoms with E-state index in [0.29, 0.717) is 23.6 Å². The second-order valence-electron chi connectivity index (χ2n) is 6.45. The first kappa shape index (κ1) is 17.1. The maximum absolute atomic E-state index is 12.6. The minimum Gasteiger partial charge on any atom is -0.454 e. The molecule has 1 aliphatic heterocycles. The van der Waals surface area contributed by atoms with Crippen LogP contribution in [0, 0.1) is 0 Å². The molecular weight excluding hydrogens is 340 g/mol. The lowest BCUT2D eigenvalue weighted by atomic mass is 9.92. The van der Waals surface area contributed by atoms with E-state index >= 15 is 0 Å². The van der Waals surface area contributed by atoms with Crippen LogP contribution in [0.2, 0.25) is 0 Å².